The zero-order valence-electron chi connectivity index (χ0n) is 10.1. The number of likely N-dealkylation sites (N-methyl/N-ethyl adjacent to an activating group) is 1. The summed E-state index contributed by atoms with van der Waals surface area (Å²) in [7, 11) is 1.56. The lowest BCUT2D eigenvalue weighted by Crippen LogP contribution is -2.33. The standard InChI is InChI=1S/C12H13Br2NO3/c1-3-18-11(16)7-15(2)12(17)8-4-9(13)6-10(14)5-8/h4-6H,3,7H2,1-2H3. The van der Waals surface area contributed by atoms with Crippen LogP contribution in [-0.4, -0.2) is 37.0 Å². The van der Waals surface area contributed by atoms with E-state index in [9.17, 15) is 9.59 Å². The van der Waals surface area contributed by atoms with E-state index in [1.54, 1.807) is 26.1 Å². The summed E-state index contributed by atoms with van der Waals surface area (Å²) in [4.78, 5) is 24.7. The molecule has 0 aromatic heterocycles. The van der Waals surface area contributed by atoms with Gasteiger partial charge in [0.05, 0.1) is 6.61 Å². The summed E-state index contributed by atoms with van der Waals surface area (Å²) >= 11 is 6.63. The Morgan fingerprint density at radius 2 is 1.78 bits per heavy atom. The number of esters is 1. The SMILES string of the molecule is CCOC(=O)CN(C)C(=O)c1cc(Br)cc(Br)c1. The number of benzene rings is 1. The van der Waals surface area contributed by atoms with Crippen LogP contribution in [-0.2, 0) is 9.53 Å². The number of rotatable bonds is 4. The predicted octanol–water partition coefficient (Wildman–Crippen LogP) is 2.85. The highest BCUT2D eigenvalue weighted by Crippen LogP contribution is 2.20. The van der Waals surface area contributed by atoms with Crippen LogP contribution in [0.3, 0.4) is 0 Å². The first-order valence-electron chi connectivity index (χ1n) is 5.31. The summed E-state index contributed by atoms with van der Waals surface area (Å²) in [5.41, 5.74) is 0.503. The van der Waals surface area contributed by atoms with E-state index in [1.165, 1.54) is 4.90 Å². The van der Waals surface area contributed by atoms with E-state index in [2.05, 4.69) is 31.9 Å². The van der Waals surface area contributed by atoms with Gasteiger partial charge in [-0.3, -0.25) is 9.59 Å². The van der Waals surface area contributed by atoms with Crippen molar-refractivity contribution in [2.45, 2.75) is 6.92 Å². The van der Waals surface area contributed by atoms with Gasteiger partial charge >= 0.3 is 5.97 Å². The Kier molecular flexibility index (Phi) is 5.81. The van der Waals surface area contributed by atoms with E-state index in [0.29, 0.717) is 12.2 Å². The molecule has 0 saturated heterocycles. The molecule has 0 spiro atoms. The van der Waals surface area contributed by atoms with Gasteiger partial charge < -0.3 is 9.64 Å². The number of ether oxygens (including phenoxy) is 1. The van der Waals surface area contributed by atoms with Crippen LogP contribution in [0.1, 0.15) is 17.3 Å². The molecular weight excluding hydrogens is 366 g/mol. The lowest BCUT2D eigenvalue weighted by atomic mass is 10.2. The largest absolute Gasteiger partial charge is 0.465 e. The molecule has 0 aliphatic carbocycles. The number of hydrogen-bond donors (Lipinski definition) is 0. The maximum atomic E-state index is 12.1. The fraction of sp³-hybridized carbons (Fsp3) is 0.333. The van der Waals surface area contributed by atoms with Crippen molar-refractivity contribution < 1.29 is 14.3 Å². The van der Waals surface area contributed by atoms with Crippen molar-refractivity contribution in [3.8, 4) is 0 Å². The second-order valence-electron chi connectivity index (χ2n) is 3.62. The van der Waals surface area contributed by atoms with Gasteiger partial charge in [0.25, 0.3) is 5.91 Å². The third kappa shape index (κ3) is 4.42. The fourth-order valence-electron chi connectivity index (χ4n) is 1.37. The molecule has 98 valence electrons. The summed E-state index contributed by atoms with van der Waals surface area (Å²) in [5.74, 6) is -0.646. The van der Waals surface area contributed by atoms with Crippen LogP contribution in [0.4, 0.5) is 0 Å². The average Bonchev–Trinajstić information content (AvgIpc) is 2.26. The number of carbonyl (C=O) groups is 2. The van der Waals surface area contributed by atoms with Gasteiger partial charge in [-0.25, -0.2) is 0 Å². The minimum absolute atomic E-state index is 0.0587. The van der Waals surface area contributed by atoms with Gasteiger partial charge in [-0.05, 0) is 25.1 Å². The van der Waals surface area contributed by atoms with Crippen molar-refractivity contribution in [3.63, 3.8) is 0 Å². The van der Waals surface area contributed by atoms with Crippen LogP contribution >= 0.6 is 31.9 Å². The Morgan fingerprint density at radius 3 is 2.28 bits per heavy atom. The molecule has 0 heterocycles. The van der Waals surface area contributed by atoms with Gasteiger partial charge in [-0.2, -0.15) is 0 Å². The van der Waals surface area contributed by atoms with Gasteiger partial charge in [0.1, 0.15) is 6.54 Å². The Labute approximate surface area is 123 Å². The molecule has 0 fully saturated rings. The number of nitrogens with zero attached hydrogens (tertiary/aromatic N) is 1. The lowest BCUT2D eigenvalue weighted by molar-refractivity contribution is -0.143. The average molecular weight is 379 g/mol. The van der Waals surface area contributed by atoms with Gasteiger partial charge in [0, 0.05) is 21.6 Å². The first-order chi connectivity index (χ1) is 8.43. The summed E-state index contributed by atoms with van der Waals surface area (Å²) in [6, 6.07) is 5.24. The van der Waals surface area contributed by atoms with Gasteiger partial charge in [-0.15, -0.1) is 0 Å². The van der Waals surface area contributed by atoms with Crippen molar-refractivity contribution in [3.05, 3.63) is 32.7 Å². The van der Waals surface area contributed by atoms with Crippen molar-refractivity contribution in [2.24, 2.45) is 0 Å². The quantitative estimate of drug-likeness (QED) is 0.757. The second-order valence-corrected chi connectivity index (χ2v) is 5.46. The second kappa shape index (κ2) is 6.89. The van der Waals surface area contributed by atoms with E-state index >= 15 is 0 Å². The molecule has 4 nitrogen and oxygen atoms in total. The van der Waals surface area contributed by atoms with Crippen molar-refractivity contribution in [1.29, 1.82) is 0 Å². The predicted molar refractivity (Wildman–Crippen MR) is 75.4 cm³/mol. The normalized spacial score (nSPS) is 10.0. The highest BCUT2D eigenvalue weighted by molar-refractivity contribution is 9.11. The highest BCUT2D eigenvalue weighted by atomic mass is 79.9. The van der Waals surface area contributed by atoms with Crippen LogP contribution in [0.5, 0.6) is 0 Å². The Balaban J connectivity index is 2.77. The van der Waals surface area contributed by atoms with Crippen LogP contribution in [0.2, 0.25) is 0 Å². The molecule has 0 saturated carbocycles. The first kappa shape index (κ1) is 15.2. The van der Waals surface area contributed by atoms with Crippen LogP contribution in [0.15, 0.2) is 27.1 Å². The topological polar surface area (TPSA) is 46.6 Å². The highest BCUT2D eigenvalue weighted by Gasteiger charge is 2.16. The first-order valence-corrected chi connectivity index (χ1v) is 6.89. The van der Waals surface area contributed by atoms with E-state index in [1.807, 2.05) is 6.07 Å². The van der Waals surface area contributed by atoms with E-state index in [0.717, 1.165) is 8.95 Å². The zero-order valence-corrected chi connectivity index (χ0v) is 13.2. The summed E-state index contributed by atoms with van der Waals surface area (Å²) in [6.07, 6.45) is 0. The molecule has 0 aliphatic heterocycles. The van der Waals surface area contributed by atoms with Crippen molar-refractivity contribution in [1.82, 2.24) is 4.90 Å². The van der Waals surface area contributed by atoms with Gasteiger partial charge in [0.2, 0.25) is 0 Å². The minimum atomic E-state index is -0.414. The van der Waals surface area contributed by atoms with Crippen LogP contribution in [0.25, 0.3) is 0 Å². The van der Waals surface area contributed by atoms with E-state index < -0.39 is 5.97 Å². The van der Waals surface area contributed by atoms with Crippen molar-refractivity contribution >= 4 is 43.7 Å². The Hall–Kier alpha value is -0.880. The van der Waals surface area contributed by atoms with Crippen LogP contribution in [0, 0.1) is 0 Å². The maximum absolute atomic E-state index is 12.1. The Morgan fingerprint density at radius 1 is 1.22 bits per heavy atom. The molecule has 0 atom stereocenters. The minimum Gasteiger partial charge on any atom is -0.465 e. The zero-order chi connectivity index (χ0) is 13.7. The third-order valence-corrected chi connectivity index (χ3v) is 3.04. The molecule has 6 heteroatoms. The number of hydrogen-bond acceptors (Lipinski definition) is 3. The lowest BCUT2D eigenvalue weighted by Gasteiger charge is -2.16. The maximum Gasteiger partial charge on any atom is 0.325 e. The molecule has 1 amide bonds. The van der Waals surface area contributed by atoms with E-state index in [-0.39, 0.29) is 12.5 Å². The van der Waals surface area contributed by atoms with E-state index in [4.69, 9.17) is 4.74 Å². The number of amides is 1. The summed E-state index contributed by atoms with van der Waals surface area (Å²) < 4.78 is 6.39. The molecule has 0 N–H and O–H groups in total. The number of halogens is 2. The summed E-state index contributed by atoms with van der Waals surface area (Å²) in [6.45, 7) is 1.98. The molecule has 0 aliphatic rings. The molecule has 0 unspecified atom stereocenters. The molecular formula is C12H13Br2NO3. The molecule has 1 aromatic carbocycles. The molecule has 18 heavy (non-hydrogen) atoms. The smallest absolute Gasteiger partial charge is 0.325 e. The number of carbonyl (C=O) groups excluding carboxylic acids is 2. The Bertz CT molecular complexity index is 442. The molecule has 0 bridgehead atoms. The van der Waals surface area contributed by atoms with Gasteiger partial charge in [0.15, 0.2) is 0 Å². The molecule has 0 radical (unpaired) electrons. The van der Waals surface area contributed by atoms with Gasteiger partial charge in [-0.1, -0.05) is 31.9 Å². The van der Waals surface area contributed by atoms with Crippen molar-refractivity contribution in [2.75, 3.05) is 20.2 Å². The van der Waals surface area contributed by atoms with Crippen LogP contribution < -0.4 is 0 Å². The third-order valence-electron chi connectivity index (χ3n) is 2.13. The fourth-order valence-corrected chi connectivity index (χ4v) is 2.66. The summed E-state index contributed by atoms with van der Waals surface area (Å²) in [5, 5.41) is 0. The molecule has 1 aromatic rings. The molecule has 1 rings (SSSR count). The monoisotopic (exact) mass is 377 g/mol.